The number of esters is 1. The summed E-state index contributed by atoms with van der Waals surface area (Å²) in [5, 5.41) is 2.54. The van der Waals surface area contributed by atoms with Gasteiger partial charge in [0, 0.05) is 13.0 Å². The molecule has 5 nitrogen and oxygen atoms in total. The quantitative estimate of drug-likeness (QED) is 0.592. The lowest BCUT2D eigenvalue weighted by Gasteiger charge is -2.19. The van der Waals surface area contributed by atoms with Crippen LogP contribution < -0.4 is 5.32 Å². The smallest absolute Gasteiger partial charge is 0.325 e. The van der Waals surface area contributed by atoms with Crippen LogP contribution in [0.25, 0.3) is 0 Å². The zero-order valence-electron chi connectivity index (χ0n) is 13.6. The van der Waals surface area contributed by atoms with Crippen molar-refractivity contribution < 1.29 is 19.1 Å². The van der Waals surface area contributed by atoms with E-state index in [0.717, 1.165) is 5.56 Å². The topological polar surface area (TPSA) is 64.6 Å². The number of amides is 1. The summed E-state index contributed by atoms with van der Waals surface area (Å²) in [5.41, 5.74) is 0.574. The van der Waals surface area contributed by atoms with Gasteiger partial charge in [0.25, 0.3) is 0 Å². The van der Waals surface area contributed by atoms with Crippen LogP contribution >= 0.6 is 0 Å². The van der Waals surface area contributed by atoms with Crippen molar-refractivity contribution in [3.8, 4) is 0 Å². The summed E-state index contributed by atoms with van der Waals surface area (Å²) in [6.07, 6.45) is 0.949. The largest absolute Gasteiger partial charge is 0.459 e. The average Bonchev–Trinajstić information content (AvgIpc) is 2.44. The zero-order chi connectivity index (χ0) is 16.4. The molecule has 1 rings (SSSR count). The van der Waals surface area contributed by atoms with E-state index in [4.69, 9.17) is 9.47 Å². The molecule has 0 saturated heterocycles. The van der Waals surface area contributed by atoms with E-state index < -0.39 is 11.6 Å². The highest BCUT2D eigenvalue weighted by atomic mass is 16.6. The van der Waals surface area contributed by atoms with E-state index in [-0.39, 0.29) is 12.5 Å². The molecule has 1 aromatic carbocycles. The average molecular weight is 307 g/mol. The maximum absolute atomic E-state index is 11.6. The summed E-state index contributed by atoms with van der Waals surface area (Å²) in [6.45, 7) is 6.32. The number of hydrogen-bond donors (Lipinski definition) is 1. The molecule has 0 aromatic heterocycles. The first kappa shape index (κ1) is 18.2. The molecule has 0 heterocycles. The van der Waals surface area contributed by atoms with E-state index in [0.29, 0.717) is 26.1 Å². The molecule has 0 aliphatic heterocycles. The maximum atomic E-state index is 11.6. The van der Waals surface area contributed by atoms with Gasteiger partial charge in [-0.1, -0.05) is 30.3 Å². The molecule has 0 unspecified atom stereocenters. The molecule has 1 amide bonds. The molecule has 5 heteroatoms. The fourth-order valence-electron chi connectivity index (χ4n) is 1.74. The Hall–Kier alpha value is -1.88. The van der Waals surface area contributed by atoms with Gasteiger partial charge in [-0.05, 0) is 32.8 Å². The summed E-state index contributed by atoms with van der Waals surface area (Å²) in [7, 11) is 0. The normalized spacial score (nSPS) is 11.0. The molecule has 1 aromatic rings. The predicted molar refractivity (Wildman–Crippen MR) is 84.2 cm³/mol. The van der Waals surface area contributed by atoms with E-state index in [2.05, 4.69) is 5.32 Å². The minimum Gasteiger partial charge on any atom is -0.459 e. The van der Waals surface area contributed by atoms with Gasteiger partial charge in [-0.25, -0.2) is 0 Å². The molecule has 22 heavy (non-hydrogen) atoms. The van der Waals surface area contributed by atoms with Gasteiger partial charge in [0.15, 0.2) is 0 Å². The Morgan fingerprint density at radius 2 is 1.82 bits per heavy atom. The van der Waals surface area contributed by atoms with Crippen molar-refractivity contribution in [1.82, 2.24) is 5.32 Å². The molecule has 0 aliphatic carbocycles. The van der Waals surface area contributed by atoms with Gasteiger partial charge < -0.3 is 14.8 Å². The second kappa shape index (κ2) is 9.20. The van der Waals surface area contributed by atoms with E-state index in [1.807, 2.05) is 30.3 Å². The summed E-state index contributed by atoms with van der Waals surface area (Å²) in [4.78, 5) is 23.0. The summed E-state index contributed by atoms with van der Waals surface area (Å²) >= 11 is 0. The second-order valence-electron chi connectivity index (χ2n) is 6.00. The van der Waals surface area contributed by atoms with Gasteiger partial charge in [0.2, 0.25) is 5.91 Å². The Kier molecular flexibility index (Phi) is 7.60. The van der Waals surface area contributed by atoms with E-state index in [1.54, 1.807) is 20.8 Å². The highest BCUT2D eigenvalue weighted by Crippen LogP contribution is 2.06. The van der Waals surface area contributed by atoms with Gasteiger partial charge >= 0.3 is 5.97 Å². The number of hydrogen-bond acceptors (Lipinski definition) is 4. The lowest BCUT2D eigenvalue weighted by Crippen LogP contribution is -2.34. The highest BCUT2D eigenvalue weighted by molar-refractivity contribution is 5.81. The fourth-order valence-corrected chi connectivity index (χ4v) is 1.74. The van der Waals surface area contributed by atoms with Crippen LogP contribution in [0.1, 0.15) is 39.2 Å². The molecule has 0 fully saturated rings. The Morgan fingerprint density at radius 1 is 1.14 bits per heavy atom. The monoisotopic (exact) mass is 307 g/mol. The SMILES string of the molecule is CC(C)(C)OC(=O)CNC(=O)CCCOCc1ccccc1. The first-order chi connectivity index (χ1) is 10.4. The van der Waals surface area contributed by atoms with E-state index in [1.165, 1.54) is 0 Å². The van der Waals surface area contributed by atoms with Crippen molar-refractivity contribution in [2.24, 2.45) is 0 Å². The van der Waals surface area contributed by atoms with Crippen LogP contribution in [0, 0.1) is 0 Å². The zero-order valence-corrected chi connectivity index (χ0v) is 13.6. The van der Waals surface area contributed by atoms with Crippen molar-refractivity contribution >= 4 is 11.9 Å². The highest BCUT2D eigenvalue weighted by Gasteiger charge is 2.16. The molecule has 1 N–H and O–H groups in total. The van der Waals surface area contributed by atoms with Gasteiger partial charge in [0.05, 0.1) is 6.61 Å². The summed E-state index contributed by atoms with van der Waals surface area (Å²) < 4.78 is 10.6. The third kappa shape index (κ3) is 9.13. The molecule has 0 spiro atoms. The molecule has 0 bridgehead atoms. The van der Waals surface area contributed by atoms with Crippen LogP contribution in [-0.4, -0.2) is 30.6 Å². The number of rotatable bonds is 8. The first-order valence-electron chi connectivity index (χ1n) is 7.47. The molecule has 0 radical (unpaired) electrons. The van der Waals surface area contributed by atoms with Gasteiger partial charge in [-0.2, -0.15) is 0 Å². The van der Waals surface area contributed by atoms with Gasteiger partial charge in [-0.3, -0.25) is 9.59 Å². The molecule has 0 atom stereocenters. The third-order valence-corrected chi connectivity index (χ3v) is 2.65. The van der Waals surface area contributed by atoms with Crippen LogP contribution in [0.4, 0.5) is 0 Å². The minimum atomic E-state index is -0.535. The Labute approximate surface area is 132 Å². The van der Waals surface area contributed by atoms with Crippen molar-refractivity contribution in [3.63, 3.8) is 0 Å². The van der Waals surface area contributed by atoms with Gasteiger partial charge in [0.1, 0.15) is 12.1 Å². The van der Waals surface area contributed by atoms with Crippen molar-refractivity contribution in [3.05, 3.63) is 35.9 Å². The van der Waals surface area contributed by atoms with Crippen molar-refractivity contribution in [1.29, 1.82) is 0 Å². The van der Waals surface area contributed by atoms with E-state index >= 15 is 0 Å². The third-order valence-electron chi connectivity index (χ3n) is 2.65. The first-order valence-corrected chi connectivity index (χ1v) is 7.47. The standard InChI is InChI=1S/C17H25NO4/c1-17(2,3)22-16(20)12-18-15(19)10-7-11-21-13-14-8-5-4-6-9-14/h4-6,8-9H,7,10-13H2,1-3H3,(H,18,19). The van der Waals surface area contributed by atoms with Crippen LogP contribution in [0.2, 0.25) is 0 Å². The summed E-state index contributed by atoms with van der Waals surface area (Å²) in [5.74, 6) is -0.602. The molecule has 0 saturated carbocycles. The van der Waals surface area contributed by atoms with Crippen LogP contribution in [-0.2, 0) is 25.7 Å². The number of benzene rings is 1. The van der Waals surface area contributed by atoms with Crippen LogP contribution in [0.3, 0.4) is 0 Å². The Balaban J connectivity index is 2.05. The molecular formula is C17H25NO4. The van der Waals surface area contributed by atoms with Crippen LogP contribution in [0.15, 0.2) is 30.3 Å². The van der Waals surface area contributed by atoms with Crippen LogP contribution in [0.5, 0.6) is 0 Å². The lowest BCUT2D eigenvalue weighted by molar-refractivity contribution is -0.154. The Bertz CT molecular complexity index is 465. The number of ether oxygens (including phenoxy) is 2. The van der Waals surface area contributed by atoms with E-state index in [9.17, 15) is 9.59 Å². The van der Waals surface area contributed by atoms with Crippen molar-refractivity contribution in [2.75, 3.05) is 13.2 Å². The van der Waals surface area contributed by atoms with Crippen molar-refractivity contribution in [2.45, 2.75) is 45.8 Å². The molecular weight excluding hydrogens is 282 g/mol. The maximum Gasteiger partial charge on any atom is 0.325 e. The fraction of sp³-hybridized carbons (Fsp3) is 0.529. The summed E-state index contributed by atoms with van der Waals surface area (Å²) in [6, 6.07) is 9.87. The lowest BCUT2D eigenvalue weighted by atomic mass is 10.2. The number of carbonyl (C=O) groups is 2. The number of nitrogens with one attached hydrogen (secondary N) is 1. The molecule has 0 aliphatic rings. The second-order valence-corrected chi connectivity index (χ2v) is 6.00. The van der Waals surface area contributed by atoms with Gasteiger partial charge in [-0.15, -0.1) is 0 Å². The predicted octanol–water partition coefficient (Wildman–Crippen LogP) is 2.44. The molecule has 122 valence electrons. The Morgan fingerprint density at radius 3 is 2.45 bits per heavy atom. The minimum absolute atomic E-state index is 0.0963. The number of carbonyl (C=O) groups excluding carboxylic acids is 2.